The van der Waals surface area contributed by atoms with Crippen molar-refractivity contribution in [2.45, 2.75) is 37.2 Å². The van der Waals surface area contributed by atoms with E-state index in [0.29, 0.717) is 23.2 Å². The first-order valence-electron chi connectivity index (χ1n) is 7.88. The van der Waals surface area contributed by atoms with Crippen molar-refractivity contribution in [2.24, 2.45) is 5.92 Å². The second kappa shape index (κ2) is 6.40. The molecule has 1 saturated carbocycles. The third-order valence-electron chi connectivity index (χ3n) is 4.83. The monoisotopic (exact) mass is 339 g/mol. The van der Waals surface area contributed by atoms with Crippen LogP contribution in [0.15, 0.2) is 30.5 Å². The van der Waals surface area contributed by atoms with Crippen LogP contribution in [-0.2, 0) is 0 Å². The van der Waals surface area contributed by atoms with Crippen molar-refractivity contribution in [1.29, 1.82) is 0 Å². The first kappa shape index (κ1) is 16.7. The standard InChI is InChI=1S/C17H23ClFN3O/c1-9(22(2)3)16(11-5-4-6-12(18)15(11)19)21-17(23)14-8-10-7-13(10)20-14/h4-6,10,13-14,16-17,20-21,23H,1,7-8H2,2-3H3/t10-,13-,14+,16-,17?/m1/s1. The lowest BCUT2D eigenvalue weighted by atomic mass is 10.0. The van der Waals surface area contributed by atoms with Gasteiger partial charge in [0, 0.05) is 37.4 Å². The van der Waals surface area contributed by atoms with E-state index >= 15 is 0 Å². The Labute approximate surface area is 141 Å². The molecule has 0 spiro atoms. The predicted molar refractivity (Wildman–Crippen MR) is 89.6 cm³/mol. The Hall–Kier alpha value is -1.14. The molecule has 1 unspecified atom stereocenters. The molecule has 1 aliphatic heterocycles. The van der Waals surface area contributed by atoms with Gasteiger partial charge in [0.15, 0.2) is 0 Å². The first-order chi connectivity index (χ1) is 10.9. The van der Waals surface area contributed by atoms with Crippen LogP contribution in [-0.4, -0.2) is 42.4 Å². The molecule has 3 N–H and O–H groups in total. The number of hydrogen-bond acceptors (Lipinski definition) is 4. The predicted octanol–water partition coefficient (Wildman–Crippen LogP) is 2.25. The van der Waals surface area contributed by atoms with Crippen LogP contribution >= 0.6 is 11.6 Å². The van der Waals surface area contributed by atoms with Gasteiger partial charge in [-0.2, -0.15) is 0 Å². The smallest absolute Gasteiger partial charge is 0.146 e. The van der Waals surface area contributed by atoms with Gasteiger partial charge in [0.1, 0.15) is 12.0 Å². The van der Waals surface area contributed by atoms with Crippen molar-refractivity contribution < 1.29 is 9.50 Å². The summed E-state index contributed by atoms with van der Waals surface area (Å²) in [7, 11) is 3.68. The number of likely N-dealkylation sites (N-methyl/N-ethyl adjacent to an activating group) is 1. The van der Waals surface area contributed by atoms with Crippen molar-refractivity contribution in [3.05, 3.63) is 46.9 Å². The van der Waals surface area contributed by atoms with Gasteiger partial charge in [-0.25, -0.2) is 4.39 Å². The van der Waals surface area contributed by atoms with E-state index in [1.807, 2.05) is 19.0 Å². The van der Waals surface area contributed by atoms with Gasteiger partial charge in [0.2, 0.25) is 0 Å². The molecule has 23 heavy (non-hydrogen) atoms. The number of aliphatic hydroxyl groups excluding tert-OH is 1. The minimum atomic E-state index is -0.775. The lowest BCUT2D eigenvalue weighted by molar-refractivity contribution is 0.0840. The summed E-state index contributed by atoms with van der Waals surface area (Å²) in [6, 6.07) is 4.86. The van der Waals surface area contributed by atoms with E-state index in [0.717, 1.165) is 6.42 Å². The summed E-state index contributed by atoms with van der Waals surface area (Å²) < 4.78 is 14.4. The van der Waals surface area contributed by atoms with E-state index < -0.39 is 18.1 Å². The van der Waals surface area contributed by atoms with Crippen molar-refractivity contribution in [3.63, 3.8) is 0 Å². The summed E-state index contributed by atoms with van der Waals surface area (Å²) in [6.45, 7) is 4.03. The van der Waals surface area contributed by atoms with Crippen LogP contribution in [0.3, 0.4) is 0 Å². The normalized spacial score (nSPS) is 28.1. The highest BCUT2D eigenvalue weighted by atomic mass is 35.5. The van der Waals surface area contributed by atoms with E-state index in [9.17, 15) is 9.50 Å². The number of fused-ring (bicyclic) bond motifs is 1. The maximum Gasteiger partial charge on any atom is 0.146 e. The summed E-state index contributed by atoms with van der Waals surface area (Å²) >= 11 is 5.91. The molecule has 4 nitrogen and oxygen atoms in total. The summed E-state index contributed by atoms with van der Waals surface area (Å²) in [5.41, 5.74) is 1.05. The van der Waals surface area contributed by atoms with Crippen LogP contribution in [0.1, 0.15) is 24.4 Å². The second-order valence-corrected chi connectivity index (χ2v) is 7.09. The minimum absolute atomic E-state index is 0.0153. The molecule has 1 heterocycles. The number of aliphatic hydroxyl groups is 1. The van der Waals surface area contributed by atoms with Gasteiger partial charge in [-0.15, -0.1) is 0 Å². The van der Waals surface area contributed by atoms with Crippen LogP contribution in [0.2, 0.25) is 5.02 Å². The molecule has 0 bridgehead atoms. The minimum Gasteiger partial charge on any atom is -0.380 e. The average Bonchev–Trinajstić information content (AvgIpc) is 3.13. The van der Waals surface area contributed by atoms with Gasteiger partial charge < -0.3 is 15.3 Å². The van der Waals surface area contributed by atoms with Crippen LogP contribution < -0.4 is 10.6 Å². The lowest BCUT2D eigenvalue weighted by Gasteiger charge is -2.31. The molecule has 0 amide bonds. The van der Waals surface area contributed by atoms with Crippen molar-refractivity contribution in [1.82, 2.24) is 15.5 Å². The van der Waals surface area contributed by atoms with Gasteiger partial charge >= 0.3 is 0 Å². The number of hydrogen-bond donors (Lipinski definition) is 3. The lowest BCUT2D eigenvalue weighted by Crippen LogP contribution is -2.48. The maximum absolute atomic E-state index is 14.4. The quantitative estimate of drug-likeness (QED) is 0.696. The second-order valence-electron chi connectivity index (χ2n) is 6.68. The Morgan fingerprint density at radius 1 is 1.48 bits per heavy atom. The number of nitrogens with zero attached hydrogens (tertiary/aromatic N) is 1. The van der Waals surface area contributed by atoms with E-state index in [-0.39, 0.29) is 11.1 Å². The molecule has 1 aliphatic carbocycles. The van der Waals surface area contributed by atoms with Gasteiger partial charge in [-0.05, 0) is 24.8 Å². The Kier molecular flexibility index (Phi) is 4.65. The number of piperidine rings is 1. The average molecular weight is 340 g/mol. The number of rotatable bonds is 6. The summed E-state index contributed by atoms with van der Waals surface area (Å²) in [5, 5.41) is 17.1. The zero-order valence-electron chi connectivity index (χ0n) is 13.4. The summed E-state index contributed by atoms with van der Waals surface area (Å²) in [4.78, 5) is 1.81. The molecule has 3 rings (SSSR count). The molecule has 126 valence electrons. The molecule has 1 saturated heterocycles. The highest BCUT2D eigenvalue weighted by Crippen LogP contribution is 2.41. The molecule has 5 atom stereocenters. The molecule has 2 aliphatic rings. The number of halogens is 2. The van der Waals surface area contributed by atoms with Gasteiger partial charge in [0.05, 0.1) is 11.1 Å². The topological polar surface area (TPSA) is 47.5 Å². The molecule has 1 aromatic rings. The highest BCUT2D eigenvalue weighted by Gasteiger charge is 2.47. The Bertz CT molecular complexity index is 600. The van der Waals surface area contributed by atoms with E-state index in [1.165, 1.54) is 12.5 Å². The molecule has 0 radical (unpaired) electrons. The number of nitrogens with one attached hydrogen (secondary N) is 2. The maximum atomic E-state index is 14.4. The molecule has 0 aromatic heterocycles. The molecular formula is C17H23ClFN3O. The Morgan fingerprint density at radius 2 is 2.22 bits per heavy atom. The van der Waals surface area contributed by atoms with Gasteiger partial charge in [-0.3, -0.25) is 5.32 Å². The molecular weight excluding hydrogens is 317 g/mol. The zero-order valence-corrected chi connectivity index (χ0v) is 14.1. The van der Waals surface area contributed by atoms with Gasteiger partial charge in [0.25, 0.3) is 0 Å². The molecule has 1 aromatic carbocycles. The van der Waals surface area contributed by atoms with Crippen molar-refractivity contribution in [3.8, 4) is 0 Å². The Balaban J connectivity index is 1.80. The third kappa shape index (κ3) is 3.38. The third-order valence-corrected chi connectivity index (χ3v) is 5.12. The molecule has 2 fully saturated rings. The summed E-state index contributed by atoms with van der Waals surface area (Å²) in [6.07, 6.45) is 1.36. The van der Waals surface area contributed by atoms with Crippen LogP contribution in [0.4, 0.5) is 4.39 Å². The fourth-order valence-electron chi connectivity index (χ4n) is 3.26. The molecule has 6 heteroatoms. The van der Waals surface area contributed by atoms with E-state index in [1.54, 1.807) is 12.1 Å². The van der Waals surface area contributed by atoms with Gasteiger partial charge in [-0.1, -0.05) is 30.3 Å². The number of benzene rings is 1. The van der Waals surface area contributed by atoms with E-state index in [2.05, 4.69) is 17.2 Å². The SMILES string of the molecule is C=C([C@@H](NC(O)[C@@H]1C[C@H]2C[C@H]2N1)c1cccc(Cl)c1F)N(C)C. The van der Waals surface area contributed by atoms with Crippen LogP contribution in [0.5, 0.6) is 0 Å². The van der Waals surface area contributed by atoms with Crippen molar-refractivity contribution in [2.75, 3.05) is 14.1 Å². The fourth-order valence-corrected chi connectivity index (χ4v) is 3.44. The fraction of sp³-hybridized carbons (Fsp3) is 0.529. The highest BCUT2D eigenvalue weighted by molar-refractivity contribution is 6.30. The van der Waals surface area contributed by atoms with Crippen LogP contribution in [0, 0.1) is 11.7 Å². The van der Waals surface area contributed by atoms with E-state index in [4.69, 9.17) is 11.6 Å². The summed E-state index contributed by atoms with van der Waals surface area (Å²) in [5.74, 6) is 0.193. The largest absolute Gasteiger partial charge is 0.380 e. The van der Waals surface area contributed by atoms with Crippen LogP contribution in [0.25, 0.3) is 0 Å². The van der Waals surface area contributed by atoms with Crippen molar-refractivity contribution >= 4 is 11.6 Å². The zero-order chi connectivity index (χ0) is 16.7. The first-order valence-corrected chi connectivity index (χ1v) is 8.26. The Morgan fingerprint density at radius 3 is 2.83 bits per heavy atom.